The van der Waals surface area contributed by atoms with E-state index in [0.29, 0.717) is 5.75 Å². The number of hydrogen-bond donors (Lipinski definition) is 1. The summed E-state index contributed by atoms with van der Waals surface area (Å²) >= 11 is 0. The lowest BCUT2D eigenvalue weighted by Crippen LogP contribution is -2.20. The molecule has 9 nitrogen and oxygen atoms in total. The summed E-state index contributed by atoms with van der Waals surface area (Å²) in [6.07, 6.45) is 2.71. The van der Waals surface area contributed by atoms with Crippen molar-refractivity contribution in [3.8, 4) is 11.5 Å². The molecular weight excluding hydrogens is 366 g/mol. The van der Waals surface area contributed by atoms with E-state index in [9.17, 15) is 14.9 Å². The van der Waals surface area contributed by atoms with Gasteiger partial charge < -0.3 is 9.57 Å². The molecule has 0 radical (unpaired) electrons. The summed E-state index contributed by atoms with van der Waals surface area (Å²) in [6, 6.07) is 16.3. The van der Waals surface area contributed by atoms with Gasteiger partial charge in [0, 0.05) is 18.3 Å². The maximum absolute atomic E-state index is 12.0. The van der Waals surface area contributed by atoms with Crippen molar-refractivity contribution in [2.75, 3.05) is 0 Å². The maximum atomic E-state index is 12.0. The highest BCUT2D eigenvalue weighted by Gasteiger charge is 2.11. The lowest BCUT2D eigenvalue weighted by Gasteiger charge is -2.08. The Morgan fingerprint density at radius 2 is 1.79 bits per heavy atom. The predicted octanol–water partition coefficient (Wildman–Crippen LogP) is 3.58. The SMILES string of the molecule is O=C(ONOCc1ccccc1)c1cncc(Oc2ccc([N+](=O)[O-])cc2)c1. The molecule has 2 aromatic carbocycles. The van der Waals surface area contributed by atoms with Gasteiger partial charge in [-0.15, -0.1) is 0 Å². The number of hydrogen-bond acceptors (Lipinski definition) is 8. The van der Waals surface area contributed by atoms with E-state index in [4.69, 9.17) is 14.4 Å². The molecule has 3 aromatic rings. The molecule has 9 heteroatoms. The van der Waals surface area contributed by atoms with Gasteiger partial charge >= 0.3 is 5.97 Å². The predicted molar refractivity (Wildman–Crippen MR) is 97.2 cm³/mol. The van der Waals surface area contributed by atoms with Crippen molar-refractivity contribution in [1.29, 1.82) is 0 Å². The highest BCUT2D eigenvalue weighted by atomic mass is 16.9. The molecule has 3 rings (SSSR count). The first-order chi connectivity index (χ1) is 13.6. The molecule has 28 heavy (non-hydrogen) atoms. The average molecular weight is 381 g/mol. The number of benzene rings is 2. The Balaban J connectivity index is 1.53. The maximum Gasteiger partial charge on any atom is 0.360 e. The topological polar surface area (TPSA) is 113 Å². The summed E-state index contributed by atoms with van der Waals surface area (Å²) in [6.45, 7) is 0.218. The number of carbonyl (C=O) groups excluding carboxylic acids is 1. The van der Waals surface area contributed by atoms with E-state index in [-0.39, 0.29) is 23.6 Å². The summed E-state index contributed by atoms with van der Waals surface area (Å²) < 4.78 is 5.54. The molecule has 0 fully saturated rings. The summed E-state index contributed by atoms with van der Waals surface area (Å²) in [5.74, 6) is -0.0783. The van der Waals surface area contributed by atoms with Gasteiger partial charge in [0.15, 0.2) is 0 Å². The third kappa shape index (κ3) is 5.34. The van der Waals surface area contributed by atoms with Gasteiger partial charge in [0.25, 0.3) is 5.69 Å². The fourth-order valence-corrected chi connectivity index (χ4v) is 2.17. The minimum absolute atomic E-state index is 0.0515. The van der Waals surface area contributed by atoms with E-state index in [2.05, 4.69) is 10.6 Å². The monoisotopic (exact) mass is 381 g/mol. The lowest BCUT2D eigenvalue weighted by atomic mass is 10.2. The van der Waals surface area contributed by atoms with Gasteiger partial charge in [0.05, 0.1) is 23.3 Å². The number of nitrogens with zero attached hydrogens (tertiary/aromatic N) is 2. The van der Waals surface area contributed by atoms with E-state index in [1.54, 1.807) is 0 Å². The van der Waals surface area contributed by atoms with Crippen molar-refractivity contribution in [2.45, 2.75) is 6.61 Å². The average Bonchev–Trinajstić information content (AvgIpc) is 2.72. The third-order valence-corrected chi connectivity index (χ3v) is 3.51. The highest BCUT2D eigenvalue weighted by Crippen LogP contribution is 2.24. The number of non-ortho nitro benzene ring substituents is 1. The van der Waals surface area contributed by atoms with Crippen LogP contribution in [0.5, 0.6) is 11.5 Å². The molecule has 0 unspecified atom stereocenters. The molecule has 0 atom stereocenters. The Hall–Kier alpha value is -3.82. The first-order valence-corrected chi connectivity index (χ1v) is 8.11. The van der Waals surface area contributed by atoms with E-state index >= 15 is 0 Å². The highest BCUT2D eigenvalue weighted by molar-refractivity contribution is 5.89. The van der Waals surface area contributed by atoms with Gasteiger partial charge in [-0.3, -0.25) is 19.9 Å². The number of carbonyl (C=O) groups is 1. The molecule has 0 saturated heterocycles. The van der Waals surface area contributed by atoms with E-state index in [0.717, 1.165) is 5.56 Å². The Morgan fingerprint density at radius 1 is 1.04 bits per heavy atom. The van der Waals surface area contributed by atoms with Crippen molar-refractivity contribution in [3.63, 3.8) is 0 Å². The number of pyridine rings is 1. The van der Waals surface area contributed by atoms with Crippen LogP contribution in [0, 0.1) is 10.1 Å². The largest absolute Gasteiger partial charge is 0.456 e. The molecule has 1 aromatic heterocycles. The third-order valence-electron chi connectivity index (χ3n) is 3.51. The Bertz CT molecular complexity index is 947. The van der Waals surface area contributed by atoms with Crippen LogP contribution in [-0.4, -0.2) is 15.9 Å². The molecule has 0 aliphatic heterocycles. The zero-order chi connectivity index (χ0) is 19.8. The smallest absolute Gasteiger partial charge is 0.360 e. The minimum Gasteiger partial charge on any atom is -0.456 e. The van der Waals surface area contributed by atoms with E-state index in [1.807, 2.05) is 30.3 Å². The molecule has 0 bridgehead atoms. The van der Waals surface area contributed by atoms with Crippen molar-refractivity contribution in [3.05, 3.63) is 94.3 Å². The van der Waals surface area contributed by atoms with Crippen LogP contribution in [0.2, 0.25) is 0 Å². The van der Waals surface area contributed by atoms with Gasteiger partial charge in [-0.25, -0.2) is 4.79 Å². The molecular formula is C19H15N3O6. The molecule has 0 spiro atoms. The van der Waals surface area contributed by atoms with Crippen LogP contribution >= 0.6 is 0 Å². The summed E-state index contributed by atoms with van der Waals surface area (Å²) in [5, 5.41) is 10.7. The summed E-state index contributed by atoms with van der Waals surface area (Å²) in [5.41, 5.74) is 3.13. The zero-order valence-corrected chi connectivity index (χ0v) is 14.5. The van der Waals surface area contributed by atoms with Gasteiger partial charge in [-0.1, -0.05) is 30.3 Å². The van der Waals surface area contributed by atoms with Crippen LogP contribution in [0.25, 0.3) is 0 Å². The molecule has 0 aliphatic rings. The number of nitro groups is 1. The number of aromatic nitrogens is 1. The molecule has 1 N–H and O–H groups in total. The van der Waals surface area contributed by atoms with Crippen molar-refractivity contribution in [2.24, 2.45) is 0 Å². The van der Waals surface area contributed by atoms with E-state index in [1.165, 1.54) is 42.7 Å². The standard InChI is InChI=1S/C19H15N3O6/c23-19(28-21-26-13-14-4-2-1-3-5-14)15-10-18(12-20-11-15)27-17-8-6-16(7-9-17)22(24)25/h1-12,21H,13H2. The number of ether oxygens (including phenoxy) is 1. The fraction of sp³-hybridized carbons (Fsp3) is 0.0526. The van der Waals surface area contributed by atoms with Gasteiger partial charge in [0.1, 0.15) is 11.5 Å². The number of nitrogens with one attached hydrogen (secondary N) is 1. The first kappa shape index (κ1) is 19.0. The van der Waals surface area contributed by atoms with E-state index < -0.39 is 10.9 Å². The Labute approximate surface area is 159 Å². The van der Waals surface area contributed by atoms with Gasteiger partial charge in [0.2, 0.25) is 0 Å². The Kier molecular flexibility index (Phi) is 6.24. The number of nitro benzene ring substituents is 1. The zero-order valence-electron chi connectivity index (χ0n) is 14.5. The summed E-state index contributed by atoms with van der Waals surface area (Å²) in [4.78, 5) is 36.0. The normalized spacial score (nSPS) is 10.3. The minimum atomic E-state index is -0.713. The fourth-order valence-electron chi connectivity index (χ4n) is 2.17. The van der Waals surface area contributed by atoms with Crippen LogP contribution < -0.4 is 10.4 Å². The van der Waals surface area contributed by atoms with Gasteiger partial charge in [-0.2, -0.15) is 0 Å². The Morgan fingerprint density at radius 3 is 2.50 bits per heavy atom. The van der Waals surface area contributed by atoms with Crippen molar-refractivity contribution >= 4 is 11.7 Å². The van der Waals surface area contributed by atoms with Crippen molar-refractivity contribution < 1.29 is 24.1 Å². The van der Waals surface area contributed by atoms with Gasteiger partial charge in [-0.05, 0) is 29.4 Å². The molecule has 0 aliphatic carbocycles. The summed E-state index contributed by atoms with van der Waals surface area (Å²) in [7, 11) is 0. The first-order valence-electron chi connectivity index (χ1n) is 8.11. The van der Waals surface area contributed by atoms with Crippen LogP contribution in [0.3, 0.4) is 0 Å². The van der Waals surface area contributed by atoms with Crippen LogP contribution in [0.1, 0.15) is 15.9 Å². The quantitative estimate of drug-likeness (QED) is 0.358. The lowest BCUT2D eigenvalue weighted by molar-refractivity contribution is -0.384. The van der Waals surface area contributed by atoms with Crippen LogP contribution in [-0.2, 0) is 16.3 Å². The second-order valence-electron chi connectivity index (χ2n) is 5.51. The van der Waals surface area contributed by atoms with Crippen LogP contribution in [0.4, 0.5) is 5.69 Å². The molecule has 0 amide bonds. The molecule has 1 heterocycles. The van der Waals surface area contributed by atoms with Crippen LogP contribution in [0.15, 0.2) is 73.1 Å². The molecule has 142 valence electrons. The number of rotatable bonds is 8. The second-order valence-corrected chi connectivity index (χ2v) is 5.51. The molecule has 0 saturated carbocycles. The second kappa shape index (κ2) is 9.21. The van der Waals surface area contributed by atoms with Crippen molar-refractivity contribution in [1.82, 2.24) is 10.6 Å².